The Bertz CT molecular complexity index is 1050. The molecule has 1 heterocycles. The fourth-order valence-electron chi connectivity index (χ4n) is 8.09. The second kappa shape index (κ2) is 10.4. The molecule has 4 bridgehead atoms. The molecule has 5 aliphatic rings. The molecule has 37 heavy (non-hydrogen) atoms. The summed E-state index contributed by atoms with van der Waals surface area (Å²) in [6.45, 7) is 5.18. The molecule has 198 valence electrons. The lowest BCUT2D eigenvalue weighted by Gasteiger charge is -2.54. The maximum atomic E-state index is 13.4. The van der Waals surface area contributed by atoms with Crippen LogP contribution in [0, 0.1) is 41.3 Å². The summed E-state index contributed by atoms with van der Waals surface area (Å²) in [5.41, 5.74) is 2.28. The first kappa shape index (κ1) is 24.9. The maximum Gasteiger partial charge on any atom is 0.258 e. The smallest absolute Gasteiger partial charge is 0.258 e. The summed E-state index contributed by atoms with van der Waals surface area (Å²) < 4.78 is 25.7. The van der Waals surface area contributed by atoms with Crippen molar-refractivity contribution in [3.63, 3.8) is 0 Å². The van der Waals surface area contributed by atoms with Crippen molar-refractivity contribution >= 4 is 5.91 Å². The topological polar surface area (TPSA) is 47.6 Å². The number of carbonyl (C=O) groups is 1. The predicted octanol–water partition coefficient (Wildman–Crippen LogP) is 6.66. The summed E-state index contributed by atoms with van der Waals surface area (Å²) in [5, 5.41) is 3.33. The van der Waals surface area contributed by atoms with E-state index in [0.29, 0.717) is 42.1 Å². The minimum atomic E-state index is -0.202. The Morgan fingerprint density at radius 1 is 0.919 bits per heavy atom. The first-order valence-electron chi connectivity index (χ1n) is 14.3. The zero-order valence-electron chi connectivity index (χ0n) is 22.1. The van der Waals surface area contributed by atoms with Gasteiger partial charge in [-0.25, -0.2) is 4.39 Å². The number of benzene rings is 2. The van der Waals surface area contributed by atoms with Gasteiger partial charge in [-0.1, -0.05) is 38.1 Å². The van der Waals surface area contributed by atoms with Crippen molar-refractivity contribution in [1.29, 1.82) is 0 Å². The molecule has 0 radical (unpaired) electrons. The van der Waals surface area contributed by atoms with Crippen LogP contribution < -0.4 is 10.1 Å². The normalized spacial score (nSPS) is 34.5. The van der Waals surface area contributed by atoms with Crippen LogP contribution in [-0.4, -0.2) is 25.2 Å². The van der Waals surface area contributed by atoms with Crippen LogP contribution in [-0.2, 0) is 9.53 Å². The number of nitrogens with one attached hydrogen (secondary N) is 1. The van der Waals surface area contributed by atoms with Gasteiger partial charge < -0.3 is 14.8 Å². The van der Waals surface area contributed by atoms with Crippen molar-refractivity contribution in [2.75, 3.05) is 13.2 Å². The molecule has 2 aromatic rings. The molecular formula is C32H40FNO3. The van der Waals surface area contributed by atoms with E-state index in [4.69, 9.17) is 9.47 Å². The van der Waals surface area contributed by atoms with Gasteiger partial charge in [-0.2, -0.15) is 0 Å². The lowest BCUT2D eigenvalue weighted by Crippen LogP contribution is -2.56. The van der Waals surface area contributed by atoms with Crippen molar-refractivity contribution in [2.24, 2.45) is 35.5 Å². The van der Waals surface area contributed by atoms with E-state index in [1.807, 2.05) is 24.3 Å². The van der Waals surface area contributed by atoms with Crippen molar-refractivity contribution in [1.82, 2.24) is 5.32 Å². The van der Waals surface area contributed by atoms with Gasteiger partial charge in [0, 0.05) is 12.0 Å². The molecule has 0 spiro atoms. The van der Waals surface area contributed by atoms with Crippen LogP contribution in [0.5, 0.6) is 5.75 Å². The minimum absolute atomic E-state index is 0.00358. The lowest BCUT2D eigenvalue weighted by molar-refractivity contribution is -0.127. The summed E-state index contributed by atoms with van der Waals surface area (Å²) in [5.74, 6) is 4.77. The zero-order chi connectivity index (χ0) is 25.5. The third kappa shape index (κ3) is 5.30. The van der Waals surface area contributed by atoms with E-state index in [2.05, 4.69) is 31.3 Å². The summed E-state index contributed by atoms with van der Waals surface area (Å²) in [6, 6.07) is 15.2. The monoisotopic (exact) mass is 505 g/mol. The Labute approximate surface area is 220 Å². The molecule has 3 atom stereocenters. The molecule has 2 aromatic carbocycles. The Morgan fingerprint density at radius 3 is 2.16 bits per heavy atom. The SMILES string of the molecule is CC(C)[C@@H]1C[C@H](c2ccc(F)cc2)CO[C@H]1c1ccc(OCC(=O)NC2C3CC4CC(C3)CC2C4)cc1. The third-order valence-electron chi connectivity index (χ3n) is 9.75. The van der Waals surface area contributed by atoms with Crippen LogP contribution in [0.15, 0.2) is 48.5 Å². The van der Waals surface area contributed by atoms with Crippen LogP contribution in [0.1, 0.15) is 75.5 Å². The highest BCUT2D eigenvalue weighted by Gasteiger charge is 2.48. The van der Waals surface area contributed by atoms with E-state index in [1.54, 1.807) is 0 Å². The molecule has 1 amide bonds. The van der Waals surface area contributed by atoms with E-state index < -0.39 is 0 Å². The number of amides is 1. The number of ether oxygens (including phenoxy) is 2. The fourth-order valence-corrected chi connectivity index (χ4v) is 8.09. The van der Waals surface area contributed by atoms with Gasteiger partial charge in [0.15, 0.2) is 6.61 Å². The first-order chi connectivity index (χ1) is 17.9. The molecule has 4 aliphatic carbocycles. The molecule has 0 unspecified atom stereocenters. The highest BCUT2D eigenvalue weighted by molar-refractivity contribution is 5.78. The van der Waals surface area contributed by atoms with Gasteiger partial charge in [-0.3, -0.25) is 4.79 Å². The van der Waals surface area contributed by atoms with Crippen LogP contribution in [0.25, 0.3) is 0 Å². The second-order valence-corrected chi connectivity index (χ2v) is 12.5. The van der Waals surface area contributed by atoms with Gasteiger partial charge in [-0.15, -0.1) is 0 Å². The van der Waals surface area contributed by atoms with Gasteiger partial charge in [0.1, 0.15) is 11.6 Å². The summed E-state index contributed by atoms with van der Waals surface area (Å²) in [4.78, 5) is 12.7. The molecule has 4 nitrogen and oxygen atoms in total. The van der Waals surface area contributed by atoms with Crippen molar-refractivity contribution in [2.45, 2.75) is 70.4 Å². The Morgan fingerprint density at radius 2 is 1.54 bits per heavy atom. The van der Waals surface area contributed by atoms with Gasteiger partial charge in [0.2, 0.25) is 0 Å². The quantitative estimate of drug-likeness (QED) is 0.458. The average molecular weight is 506 g/mol. The molecule has 4 saturated carbocycles. The van der Waals surface area contributed by atoms with Crippen LogP contribution >= 0.6 is 0 Å². The molecule has 5 fully saturated rings. The molecule has 1 saturated heterocycles. The lowest BCUT2D eigenvalue weighted by atomic mass is 9.54. The van der Waals surface area contributed by atoms with E-state index in [9.17, 15) is 9.18 Å². The van der Waals surface area contributed by atoms with Gasteiger partial charge >= 0.3 is 0 Å². The van der Waals surface area contributed by atoms with Crippen LogP contribution in [0.4, 0.5) is 4.39 Å². The van der Waals surface area contributed by atoms with Crippen molar-refractivity contribution < 1.29 is 18.7 Å². The number of carbonyl (C=O) groups excluding carboxylic acids is 1. The molecule has 1 aliphatic heterocycles. The highest BCUT2D eigenvalue weighted by Crippen LogP contribution is 2.53. The molecule has 0 aromatic heterocycles. The second-order valence-electron chi connectivity index (χ2n) is 12.5. The molecule has 5 heteroatoms. The highest BCUT2D eigenvalue weighted by atomic mass is 19.1. The number of halogens is 1. The van der Waals surface area contributed by atoms with E-state index >= 15 is 0 Å². The average Bonchev–Trinajstić information content (AvgIpc) is 2.89. The largest absolute Gasteiger partial charge is 0.484 e. The van der Waals surface area contributed by atoms with Gasteiger partial charge in [-0.05, 0) is 109 Å². The Hall–Kier alpha value is -2.40. The van der Waals surface area contributed by atoms with Gasteiger partial charge in [0.25, 0.3) is 5.91 Å². The summed E-state index contributed by atoms with van der Waals surface area (Å²) >= 11 is 0. The molecule has 1 N–H and O–H groups in total. The number of rotatable bonds is 7. The van der Waals surface area contributed by atoms with Gasteiger partial charge in [0.05, 0.1) is 12.7 Å². The number of hydrogen-bond donors (Lipinski definition) is 1. The molecular weight excluding hydrogens is 465 g/mol. The predicted molar refractivity (Wildman–Crippen MR) is 142 cm³/mol. The van der Waals surface area contributed by atoms with E-state index in [1.165, 1.54) is 44.2 Å². The van der Waals surface area contributed by atoms with Crippen LogP contribution in [0.3, 0.4) is 0 Å². The van der Waals surface area contributed by atoms with Crippen molar-refractivity contribution in [3.05, 3.63) is 65.5 Å². The minimum Gasteiger partial charge on any atom is -0.484 e. The van der Waals surface area contributed by atoms with E-state index in [0.717, 1.165) is 29.4 Å². The standard InChI is InChI=1S/C32H40FNO3/c1-19(2)29-16-26(22-3-7-27(33)8-4-22)17-37-32(29)23-5-9-28(10-6-23)36-18-30(35)34-31-24-12-20-11-21(14-24)15-25(31)13-20/h3-10,19-21,24-26,29,31-32H,11-18H2,1-2H3,(H,34,35)/t20?,21?,24?,25?,26-,29-,31?,32-/m0/s1. The molecule has 7 rings (SSSR count). The van der Waals surface area contributed by atoms with Crippen LogP contribution in [0.2, 0.25) is 0 Å². The Balaban J connectivity index is 1.03. The number of hydrogen-bond acceptors (Lipinski definition) is 3. The maximum absolute atomic E-state index is 13.4. The third-order valence-corrected chi connectivity index (χ3v) is 9.75. The van der Waals surface area contributed by atoms with Crippen molar-refractivity contribution in [3.8, 4) is 5.75 Å². The summed E-state index contributed by atoms with van der Waals surface area (Å²) in [7, 11) is 0. The summed E-state index contributed by atoms with van der Waals surface area (Å²) in [6.07, 6.45) is 7.64. The Kier molecular flexibility index (Phi) is 7.00. The van der Waals surface area contributed by atoms with E-state index in [-0.39, 0.29) is 30.4 Å². The first-order valence-corrected chi connectivity index (χ1v) is 14.3. The zero-order valence-corrected chi connectivity index (χ0v) is 22.1. The fraction of sp³-hybridized carbons (Fsp3) is 0.594.